The van der Waals surface area contributed by atoms with Gasteiger partial charge in [0.1, 0.15) is 5.15 Å². The smallest absolute Gasteiger partial charge is 0.193 e. The van der Waals surface area contributed by atoms with Gasteiger partial charge < -0.3 is 5.73 Å². The average molecular weight is 181 g/mol. The maximum absolute atomic E-state index is 9.91. The van der Waals surface area contributed by atoms with Crippen LogP contribution in [-0.2, 0) is 4.79 Å². The van der Waals surface area contributed by atoms with Crippen LogP contribution in [0.3, 0.4) is 0 Å². The fraction of sp³-hybridized carbons (Fsp3) is 0. The van der Waals surface area contributed by atoms with Gasteiger partial charge in [0.25, 0.3) is 0 Å². The lowest BCUT2D eigenvalue weighted by Crippen LogP contribution is -1.89. The summed E-state index contributed by atoms with van der Waals surface area (Å²) in [5.74, 6) is 4.73. The normalized spacial score (nSPS) is 8.42. The highest BCUT2D eigenvalue weighted by molar-refractivity contribution is 6.30. The second-order valence-electron chi connectivity index (χ2n) is 1.99. The molecule has 1 rings (SSSR count). The van der Waals surface area contributed by atoms with Crippen molar-refractivity contribution < 1.29 is 4.79 Å². The van der Waals surface area contributed by atoms with Crippen molar-refractivity contribution in [3.63, 3.8) is 0 Å². The molecule has 0 aromatic carbocycles. The predicted molar refractivity (Wildman–Crippen MR) is 46.6 cm³/mol. The van der Waals surface area contributed by atoms with Crippen molar-refractivity contribution >= 4 is 23.6 Å². The van der Waals surface area contributed by atoms with E-state index in [1.165, 1.54) is 6.20 Å². The number of hydrogen-bond acceptors (Lipinski definition) is 3. The lowest BCUT2D eigenvalue weighted by atomic mass is 10.3. The lowest BCUT2D eigenvalue weighted by molar-refractivity contribution is -0.103. The van der Waals surface area contributed by atoms with Crippen LogP contribution >= 0.6 is 11.6 Å². The number of carbonyl (C=O) groups is 1. The number of nitrogens with two attached hydrogens (primary N) is 1. The van der Waals surface area contributed by atoms with Crippen molar-refractivity contribution in [3.05, 3.63) is 23.0 Å². The molecule has 0 bridgehead atoms. The summed E-state index contributed by atoms with van der Waals surface area (Å²) in [6.07, 6.45) is 1.91. The highest BCUT2D eigenvalue weighted by Crippen LogP contribution is 2.13. The molecule has 12 heavy (non-hydrogen) atoms. The van der Waals surface area contributed by atoms with Crippen LogP contribution in [0.2, 0.25) is 5.15 Å². The third-order valence-electron chi connectivity index (χ3n) is 1.13. The zero-order valence-corrected chi connectivity index (χ0v) is 6.80. The third kappa shape index (κ3) is 1.97. The molecule has 0 aliphatic heterocycles. The maximum atomic E-state index is 9.91. The quantitative estimate of drug-likeness (QED) is 0.366. The van der Waals surface area contributed by atoms with Crippen LogP contribution in [0.5, 0.6) is 0 Å². The van der Waals surface area contributed by atoms with Crippen LogP contribution in [0.15, 0.2) is 12.3 Å². The molecule has 1 aromatic heterocycles. The highest BCUT2D eigenvalue weighted by Gasteiger charge is 1.97. The van der Waals surface area contributed by atoms with Gasteiger partial charge in [-0.05, 0) is 12.0 Å². The number of nitrogens with zero attached hydrogens (tertiary/aromatic N) is 1. The molecule has 4 heteroatoms. The Morgan fingerprint density at radius 1 is 1.67 bits per heavy atom. The second kappa shape index (κ2) is 3.74. The Bertz CT molecular complexity index is 365. The van der Waals surface area contributed by atoms with Gasteiger partial charge in [-0.25, -0.2) is 4.98 Å². The van der Waals surface area contributed by atoms with E-state index >= 15 is 0 Å². The zero-order chi connectivity index (χ0) is 8.97. The van der Waals surface area contributed by atoms with Gasteiger partial charge in [-0.2, -0.15) is 0 Å². The molecule has 1 heterocycles. The van der Waals surface area contributed by atoms with E-state index in [9.17, 15) is 4.79 Å². The Hall–Kier alpha value is -1.53. The number of halogens is 1. The van der Waals surface area contributed by atoms with Crippen molar-refractivity contribution in [2.24, 2.45) is 0 Å². The monoisotopic (exact) mass is 180 g/mol. The summed E-state index contributed by atoms with van der Waals surface area (Å²) >= 11 is 5.65. The number of rotatable bonds is 0. The first kappa shape index (κ1) is 8.57. The summed E-state index contributed by atoms with van der Waals surface area (Å²) in [6, 6.07) is 1.56. The van der Waals surface area contributed by atoms with Crippen LogP contribution in [0.25, 0.3) is 0 Å². The maximum Gasteiger partial charge on any atom is 0.193 e. The third-order valence-corrected chi connectivity index (χ3v) is 1.43. The number of aldehydes is 1. The van der Waals surface area contributed by atoms with E-state index in [2.05, 4.69) is 16.8 Å². The van der Waals surface area contributed by atoms with E-state index in [0.717, 1.165) is 0 Å². The van der Waals surface area contributed by atoms with Gasteiger partial charge in [-0.15, -0.1) is 0 Å². The van der Waals surface area contributed by atoms with Crippen molar-refractivity contribution in [2.45, 2.75) is 0 Å². The summed E-state index contributed by atoms with van der Waals surface area (Å²) < 4.78 is 0. The van der Waals surface area contributed by atoms with Crippen LogP contribution in [0, 0.1) is 11.8 Å². The minimum Gasteiger partial charge on any atom is -0.397 e. The summed E-state index contributed by atoms with van der Waals surface area (Å²) in [4.78, 5) is 13.7. The summed E-state index contributed by atoms with van der Waals surface area (Å²) in [7, 11) is 0. The summed E-state index contributed by atoms with van der Waals surface area (Å²) in [5.41, 5.74) is 6.35. The molecule has 0 saturated carbocycles. The van der Waals surface area contributed by atoms with Crippen LogP contribution in [0.4, 0.5) is 5.69 Å². The molecule has 0 atom stereocenters. The van der Waals surface area contributed by atoms with Crippen LogP contribution in [-0.4, -0.2) is 11.3 Å². The Labute approximate surface area is 74.5 Å². The van der Waals surface area contributed by atoms with E-state index in [0.29, 0.717) is 17.5 Å². The molecule has 0 aliphatic carbocycles. The number of anilines is 1. The summed E-state index contributed by atoms with van der Waals surface area (Å²) in [6.45, 7) is 0. The molecule has 0 radical (unpaired) electrons. The van der Waals surface area contributed by atoms with Gasteiger partial charge >= 0.3 is 0 Å². The van der Waals surface area contributed by atoms with E-state index in [4.69, 9.17) is 17.3 Å². The molecular weight excluding hydrogens is 176 g/mol. The summed E-state index contributed by atoms with van der Waals surface area (Å²) in [5, 5.41) is 0.249. The van der Waals surface area contributed by atoms with Crippen molar-refractivity contribution in [1.29, 1.82) is 0 Å². The van der Waals surface area contributed by atoms with E-state index in [1.807, 2.05) is 0 Å². The van der Waals surface area contributed by atoms with Crippen molar-refractivity contribution in [1.82, 2.24) is 4.98 Å². The van der Waals surface area contributed by atoms with Gasteiger partial charge in [0, 0.05) is 0 Å². The molecule has 2 N–H and O–H groups in total. The Balaban J connectivity index is 3.13. The topological polar surface area (TPSA) is 56.0 Å². The first-order valence-electron chi connectivity index (χ1n) is 3.10. The van der Waals surface area contributed by atoms with Gasteiger partial charge in [0.15, 0.2) is 6.29 Å². The molecule has 1 aromatic rings. The number of nitrogen functional groups attached to an aromatic ring is 1. The molecule has 60 valence electrons. The average Bonchev–Trinajstić information content (AvgIpc) is 2.07. The van der Waals surface area contributed by atoms with Gasteiger partial charge in [-0.1, -0.05) is 17.5 Å². The van der Waals surface area contributed by atoms with Crippen molar-refractivity contribution in [3.8, 4) is 11.8 Å². The number of hydrogen-bond donors (Lipinski definition) is 1. The lowest BCUT2D eigenvalue weighted by Gasteiger charge is -1.95. The fourth-order valence-corrected chi connectivity index (χ4v) is 0.810. The minimum absolute atomic E-state index is 0.249. The van der Waals surface area contributed by atoms with Crippen LogP contribution < -0.4 is 5.73 Å². The molecule has 0 amide bonds. The van der Waals surface area contributed by atoms with Crippen molar-refractivity contribution in [2.75, 3.05) is 5.73 Å². The van der Waals surface area contributed by atoms with E-state index in [-0.39, 0.29) is 5.15 Å². The zero-order valence-electron chi connectivity index (χ0n) is 6.04. The number of pyridine rings is 1. The Kier molecular flexibility index (Phi) is 2.67. The molecule has 3 nitrogen and oxygen atoms in total. The highest BCUT2D eigenvalue weighted by atomic mass is 35.5. The fourth-order valence-electron chi connectivity index (χ4n) is 0.659. The molecule has 0 aliphatic rings. The molecule has 0 spiro atoms. The van der Waals surface area contributed by atoms with Gasteiger partial charge in [0.2, 0.25) is 0 Å². The largest absolute Gasteiger partial charge is 0.397 e. The molecule has 0 saturated heterocycles. The SMILES string of the molecule is Nc1cnc(Cl)c(C#CC=O)c1. The second-order valence-corrected chi connectivity index (χ2v) is 2.35. The van der Waals surface area contributed by atoms with Crippen LogP contribution in [0.1, 0.15) is 5.56 Å². The Morgan fingerprint density at radius 2 is 2.42 bits per heavy atom. The molecular formula is C8H5ClN2O. The van der Waals surface area contributed by atoms with Gasteiger partial charge in [-0.3, -0.25) is 4.79 Å². The number of carbonyl (C=O) groups excluding carboxylic acids is 1. The Morgan fingerprint density at radius 3 is 3.08 bits per heavy atom. The molecule has 0 unspecified atom stereocenters. The van der Waals surface area contributed by atoms with Gasteiger partial charge in [0.05, 0.1) is 17.4 Å². The first-order chi connectivity index (χ1) is 5.74. The van der Waals surface area contributed by atoms with E-state index in [1.54, 1.807) is 6.07 Å². The predicted octanol–water partition coefficient (Wildman–Crippen LogP) is 0.868. The first-order valence-corrected chi connectivity index (χ1v) is 3.48. The standard InChI is InChI=1S/C8H5ClN2O/c9-8-6(2-1-3-12)4-7(10)5-11-8/h3-5H,10H2. The minimum atomic E-state index is 0.249. The molecule has 0 fully saturated rings. The van der Waals surface area contributed by atoms with E-state index < -0.39 is 0 Å². The number of aromatic nitrogens is 1.